The Bertz CT molecular complexity index is 231. The maximum absolute atomic E-state index is 6.16. The first-order chi connectivity index (χ1) is 10.8. The third-order valence-electron chi connectivity index (χ3n) is 6.26. The van der Waals surface area contributed by atoms with Gasteiger partial charge in [-0.25, -0.2) is 0 Å². The minimum Gasteiger partial charge on any atom is -0.378 e. The Balaban J connectivity index is 1.46. The number of rotatable bonds is 9. The van der Waals surface area contributed by atoms with Crippen molar-refractivity contribution < 1.29 is 4.74 Å². The van der Waals surface area contributed by atoms with Gasteiger partial charge in [0.25, 0.3) is 0 Å². The molecule has 0 bridgehead atoms. The minimum absolute atomic E-state index is 0.591. The van der Waals surface area contributed by atoms with Gasteiger partial charge >= 0.3 is 0 Å². The largest absolute Gasteiger partial charge is 0.378 e. The molecular formula is C21H40O. The van der Waals surface area contributed by atoms with Crippen molar-refractivity contribution in [2.24, 2.45) is 17.8 Å². The molecule has 1 heteroatoms. The number of hydrogen-bond acceptors (Lipinski definition) is 1. The fourth-order valence-electron chi connectivity index (χ4n) is 4.83. The molecule has 2 fully saturated rings. The second-order valence-corrected chi connectivity index (χ2v) is 8.12. The molecule has 2 saturated carbocycles. The van der Waals surface area contributed by atoms with Crippen LogP contribution in [-0.4, -0.2) is 12.7 Å². The Morgan fingerprint density at radius 3 is 1.59 bits per heavy atom. The minimum atomic E-state index is 0.591. The van der Waals surface area contributed by atoms with E-state index in [0.29, 0.717) is 6.10 Å². The topological polar surface area (TPSA) is 9.23 Å². The lowest BCUT2D eigenvalue weighted by molar-refractivity contribution is 0.0133. The highest BCUT2D eigenvalue weighted by Crippen LogP contribution is 2.34. The Labute approximate surface area is 139 Å². The Kier molecular flexibility index (Phi) is 8.89. The van der Waals surface area contributed by atoms with Gasteiger partial charge in [-0.05, 0) is 56.3 Å². The predicted octanol–water partition coefficient (Wildman–Crippen LogP) is 6.75. The molecule has 0 amide bonds. The van der Waals surface area contributed by atoms with Crippen molar-refractivity contribution in [3.8, 4) is 0 Å². The van der Waals surface area contributed by atoms with Gasteiger partial charge in [-0.1, -0.05) is 65.2 Å². The van der Waals surface area contributed by atoms with Crippen molar-refractivity contribution in [3.05, 3.63) is 0 Å². The smallest absolute Gasteiger partial charge is 0.0575 e. The Morgan fingerprint density at radius 2 is 1.09 bits per heavy atom. The molecule has 2 aliphatic carbocycles. The summed E-state index contributed by atoms with van der Waals surface area (Å²) in [5.74, 6) is 3.07. The third kappa shape index (κ3) is 6.60. The summed E-state index contributed by atoms with van der Waals surface area (Å²) in [6.07, 6.45) is 20.4. The molecule has 2 aliphatic rings. The molecule has 22 heavy (non-hydrogen) atoms. The van der Waals surface area contributed by atoms with E-state index >= 15 is 0 Å². The van der Waals surface area contributed by atoms with Gasteiger partial charge in [0.1, 0.15) is 0 Å². The predicted molar refractivity (Wildman–Crippen MR) is 96.2 cm³/mol. The van der Waals surface area contributed by atoms with E-state index in [0.717, 1.165) is 24.4 Å². The standard InChI is InChI=1S/C21H40O/c1-3-6-18-9-11-20(12-10-18)8-5-17-22-21-15-13-19(7-4-2)14-16-21/h18-21H,3-17H2,1-2H3/t18-,19-,20-,21-. The fraction of sp³-hybridized carbons (Fsp3) is 1.00. The summed E-state index contributed by atoms with van der Waals surface area (Å²) in [6, 6.07) is 0. The highest BCUT2D eigenvalue weighted by Gasteiger charge is 2.22. The van der Waals surface area contributed by atoms with Crippen LogP contribution >= 0.6 is 0 Å². The maximum Gasteiger partial charge on any atom is 0.0575 e. The van der Waals surface area contributed by atoms with Gasteiger partial charge < -0.3 is 4.74 Å². The molecule has 130 valence electrons. The first-order valence-electron chi connectivity index (χ1n) is 10.4. The van der Waals surface area contributed by atoms with E-state index in [-0.39, 0.29) is 0 Å². The average Bonchev–Trinajstić information content (AvgIpc) is 2.55. The van der Waals surface area contributed by atoms with Gasteiger partial charge in [0.05, 0.1) is 6.10 Å². The molecule has 0 heterocycles. The SMILES string of the molecule is CCC[C@H]1CC[C@H](CCCO[C@H]2CC[C@H](CCC)CC2)CC1. The Hall–Kier alpha value is -0.0400. The van der Waals surface area contributed by atoms with E-state index < -0.39 is 0 Å². The van der Waals surface area contributed by atoms with E-state index in [1.807, 2.05) is 0 Å². The van der Waals surface area contributed by atoms with Gasteiger partial charge in [-0.15, -0.1) is 0 Å². The highest BCUT2D eigenvalue weighted by atomic mass is 16.5. The van der Waals surface area contributed by atoms with E-state index in [9.17, 15) is 0 Å². The van der Waals surface area contributed by atoms with Gasteiger partial charge in [-0.2, -0.15) is 0 Å². The quantitative estimate of drug-likeness (QED) is 0.428. The maximum atomic E-state index is 6.16. The van der Waals surface area contributed by atoms with Crippen molar-refractivity contribution in [1.82, 2.24) is 0 Å². The van der Waals surface area contributed by atoms with Crippen molar-refractivity contribution in [3.63, 3.8) is 0 Å². The summed E-state index contributed by atoms with van der Waals surface area (Å²) in [7, 11) is 0. The molecule has 0 N–H and O–H groups in total. The van der Waals surface area contributed by atoms with Crippen LogP contribution in [0.5, 0.6) is 0 Å². The number of ether oxygens (including phenoxy) is 1. The fourth-order valence-corrected chi connectivity index (χ4v) is 4.83. The summed E-state index contributed by atoms with van der Waals surface area (Å²) in [6.45, 7) is 5.68. The van der Waals surface area contributed by atoms with Crippen LogP contribution in [0.1, 0.15) is 104 Å². The lowest BCUT2D eigenvalue weighted by Crippen LogP contribution is -2.22. The van der Waals surface area contributed by atoms with Crippen molar-refractivity contribution in [2.75, 3.05) is 6.61 Å². The second-order valence-electron chi connectivity index (χ2n) is 8.12. The molecule has 2 rings (SSSR count). The van der Waals surface area contributed by atoms with E-state index in [1.54, 1.807) is 0 Å². The molecular weight excluding hydrogens is 268 g/mol. The van der Waals surface area contributed by atoms with E-state index in [4.69, 9.17) is 4.74 Å². The van der Waals surface area contributed by atoms with Crippen LogP contribution in [0.25, 0.3) is 0 Å². The lowest BCUT2D eigenvalue weighted by Gasteiger charge is -2.30. The zero-order valence-electron chi connectivity index (χ0n) is 15.3. The molecule has 0 aromatic carbocycles. The monoisotopic (exact) mass is 308 g/mol. The van der Waals surface area contributed by atoms with Crippen LogP contribution in [-0.2, 0) is 4.74 Å². The lowest BCUT2D eigenvalue weighted by atomic mass is 9.78. The van der Waals surface area contributed by atoms with Crippen LogP contribution in [0.3, 0.4) is 0 Å². The molecule has 1 nitrogen and oxygen atoms in total. The van der Waals surface area contributed by atoms with Crippen LogP contribution in [0.15, 0.2) is 0 Å². The molecule has 0 aromatic heterocycles. The van der Waals surface area contributed by atoms with Crippen molar-refractivity contribution in [2.45, 2.75) is 110 Å². The third-order valence-corrected chi connectivity index (χ3v) is 6.26. The highest BCUT2D eigenvalue weighted by molar-refractivity contribution is 4.74. The van der Waals surface area contributed by atoms with Crippen molar-refractivity contribution >= 4 is 0 Å². The molecule has 0 spiro atoms. The second kappa shape index (κ2) is 10.7. The molecule has 0 unspecified atom stereocenters. The average molecular weight is 309 g/mol. The van der Waals surface area contributed by atoms with E-state index in [1.165, 1.54) is 89.9 Å². The van der Waals surface area contributed by atoms with Crippen LogP contribution in [0, 0.1) is 17.8 Å². The zero-order valence-corrected chi connectivity index (χ0v) is 15.3. The number of hydrogen-bond donors (Lipinski definition) is 0. The molecule has 0 atom stereocenters. The van der Waals surface area contributed by atoms with Crippen LogP contribution in [0.4, 0.5) is 0 Å². The summed E-state index contributed by atoms with van der Waals surface area (Å²) in [4.78, 5) is 0. The van der Waals surface area contributed by atoms with Gasteiger partial charge in [0.2, 0.25) is 0 Å². The van der Waals surface area contributed by atoms with Crippen LogP contribution < -0.4 is 0 Å². The summed E-state index contributed by atoms with van der Waals surface area (Å²) in [5, 5.41) is 0. The molecule has 0 saturated heterocycles. The van der Waals surface area contributed by atoms with Crippen molar-refractivity contribution in [1.29, 1.82) is 0 Å². The van der Waals surface area contributed by atoms with E-state index in [2.05, 4.69) is 13.8 Å². The molecule has 0 aliphatic heterocycles. The Morgan fingerprint density at radius 1 is 0.636 bits per heavy atom. The first kappa shape index (κ1) is 18.3. The molecule has 0 aromatic rings. The summed E-state index contributed by atoms with van der Waals surface area (Å²) >= 11 is 0. The normalized spacial score (nSPS) is 33.0. The van der Waals surface area contributed by atoms with Gasteiger partial charge in [-0.3, -0.25) is 0 Å². The summed E-state index contributed by atoms with van der Waals surface area (Å²) < 4.78 is 6.16. The summed E-state index contributed by atoms with van der Waals surface area (Å²) in [5.41, 5.74) is 0. The zero-order chi connectivity index (χ0) is 15.6. The first-order valence-corrected chi connectivity index (χ1v) is 10.4. The van der Waals surface area contributed by atoms with Gasteiger partial charge in [0.15, 0.2) is 0 Å². The van der Waals surface area contributed by atoms with Crippen LogP contribution in [0.2, 0.25) is 0 Å². The molecule has 0 radical (unpaired) electrons. The van der Waals surface area contributed by atoms with Gasteiger partial charge in [0, 0.05) is 6.61 Å².